The molecule has 3 heterocycles. The van der Waals surface area contributed by atoms with Crippen LogP contribution in [0.2, 0.25) is 0 Å². The zero-order valence-electron chi connectivity index (χ0n) is 11.0. The van der Waals surface area contributed by atoms with E-state index in [1.165, 1.54) is 21.5 Å². The van der Waals surface area contributed by atoms with Crippen molar-refractivity contribution >= 4 is 7.67 Å². The van der Waals surface area contributed by atoms with Gasteiger partial charge in [0, 0.05) is 26.2 Å². The highest BCUT2D eigenvalue weighted by Crippen LogP contribution is 2.63. The first kappa shape index (κ1) is 14.9. The van der Waals surface area contributed by atoms with Crippen molar-refractivity contribution in [3.8, 4) is 0 Å². The lowest BCUT2D eigenvalue weighted by Crippen LogP contribution is -2.36. The molecule has 0 aliphatic carbocycles. The predicted octanol–water partition coefficient (Wildman–Crippen LogP) is 1.78. The molecule has 1 unspecified atom stereocenters. The van der Waals surface area contributed by atoms with Crippen LogP contribution in [0.3, 0.4) is 0 Å². The molecule has 2 saturated heterocycles. The van der Waals surface area contributed by atoms with Crippen LogP contribution in [0.15, 0.2) is 23.8 Å². The molecular formula is C11H15F3N3O3P. The summed E-state index contributed by atoms with van der Waals surface area (Å²) in [4.78, 5) is 0. The van der Waals surface area contributed by atoms with E-state index in [4.69, 9.17) is 15.0 Å². The molecule has 2 fully saturated rings. The largest absolute Gasteiger partial charge is 0.443 e. The van der Waals surface area contributed by atoms with E-state index in [-0.39, 0.29) is 12.3 Å². The second-order valence-corrected chi connectivity index (χ2v) is 7.30. The van der Waals surface area contributed by atoms with Crippen LogP contribution in [0.1, 0.15) is 6.42 Å². The minimum absolute atomic E-state index is 0.112. The van der Waals surface area contributed by atoms with Gasteiger partial charge >= 0.3 is 13.8 Å². The van der Waals surface area contributed by atoms with Gasteiger partial charge in [-0.25, -0.2) is 9.34 Å². The average Bonchev–Trinajstić information content (AvgIpc) is 3.27. The van der Waals surface area contributed by atoms with Gasteiger partial charge in [-0.1, -0.05) is 0 Å². The molecule has 0 aromatic carbocycles. The molecule has 0 spiro atoms. The quantitative estimate of drug-likeness (QED) is 0.614. The van der Waals surface area contributed by atoms with Crippen molar-refractivity contribution < 1.29 is 27.0 Å². The van der Waals surface area contributed by atoms with Crippen LogP contribution in [-0.4, -0.2) is 47.8 Å². The smallest absolute Gasteiger partial charge is 0.422 e. The van der Waals surface area contributed by atoms with E-state index in [2.05, 4.69) is 0 Å². The van der Waals surface area contributed by atoms with Crippen LogP contribution in [0, 0.1) is 0 Å². The van der Waals surface area contributed by atoms with Crippen molar-refractivity contribution in [2.24, 2.45) is 5.73 Å². The van der Waals surface area contributed by atoms with Crippen LogP contribution >= 0.6 is 7.67 Å². The van der Waals surface area contributed by atoms with Crippen molar-refractivity contribution in [2.75, 3.05) is 26.2 Å². The second kappa shape index (κ2) is 5.01. The minimum atomic E-state index is -4.73. The zero-order chi connectivity index (χ0) is 15.3. The van der Waals surface area contributed by atoms with Crippen molar-refractivity contribution in [1.29, 1.82) is 0 Å². The Kier molecular flexibility index (Phi) is 3.56. The van der Waals surface area contributed by atoms with Crippen molar-refractivity contribution in [1.82, 2.24) is 9.34 Å². The normalized spacial score (nSPS) is 24.9. The summed E-state index contributed by atoms with van der Waals surface area (Å²) in [5.41, 5.74) is 5.40. The Morgan fingerprint density at radius 2 is 1.81 bits per heavy atom. The molecule has 0 radical (unpaired) electrons. The highest BCUT2D eigenvalue weighted by atomic mass is 31.2. The molecule has 0 saturated carbocycles. The molecular weight excluding hydrogens is 310 g/mol. The van der Waals surface area contributed by atoms with Crippen molar-refractivity contribution in [3.05, 3.63) is 23.8 Å². The Morgan fingerprint density at radius 1 is 1.24 bits per heavy atom. The maximum absolute atomic E-state index is 13.3. The topological polar surface area (TPSA) is 67.6 Å². The fourth-order valence-electron chi connectivity index (χ4n) is 1.99. The van der Waals surface area contributed by atoms with Crippen LogP contribution in [0.4, 0.5) is 13.2 Å². The predicted molar refractivity (Wildman–Crippen MR) is 67.7 cm³/mol. The number of ether oxygens (including phenoxy) is 1. The Balaban J connectivity index is 1.83. The second-order valence-electron chi connectivity index (χ2n) is 4.98. The molecule has 3 rings (SSSR count). The summed E-state index contributed by atoms with van der Waals surface area (Å²) in [5.74, 6) is -0.565. The Morgan fingerprint density at radius 3 is 2.24 bits per heavy atom. The lowest BCUT2D eigenvalue weighted by atomic mass is 10.2. The van der Waals surface area contributed by atoms with Crippen LogP contribution in [0.25, 0.3) is 0 Å². The molecule has 21 heavy (non-hydrogen) atoms. The molecule has 1 atom stereocenters. The van der Waals surface area contributed by atoms with E-state index in [0.29, 0.717) is 26.2 Å². The van der Waals surface area contributed by atoms with Gasteiger partial charge in [-0.2, -0.15) is 13.2 Å². The van der Waals surface area contributed by atoms with Gasteiger partial charge in [0.2, 0.25) is 6.10 Å². The van der Waals surface area contributed by atoms with Crippen LogP contribution in [0.5, 0.6) is 0 Å². The first-order chi connectivity index (χ1) is 9.80. The first-order valence-electron chi connectivity index (χ1n) is 6.50. The van der Waals surface area contributed by atoms with E-state index in [9.17, 15) is 17.7 Å². The Labute approximate surface area is 119 Å². The van der Waals surface area contributed by atoms with Gasteiger partial charge in [-0.15, -0.1) is 0 Å². The maximum atomic E-state index is 13.3. The lowest BCUT2D eigenvalue weighted by molar-refractivity contribution is -0.193. The Hall–Kier alpha value is -1.02. The van der Waals surface area contributed by atoms with E-state index in [1.54, 1.807) is 0 Å². The summed E-state index contributed by atoms with van der Waals surface area (Å²) in [6.45, 7) is 1.89. The molecule has 3 aliphatic heterocycles. The third-order valence-electron chi connectivity index (χ3n) is 3.23. The summed E-state index contributed by atoms with van der Waals surface area (Å²) in [5, 5.41) is 0. The van der Waals surface area contributed by atoms with Crippen LogP contribution < -0.4 is 5.73 Å². The number of hydrogen-bond donors (Lipinski definition) is 1. The molecule has 6 nitrogen and oxygen atoms in total. The monoisotopic (exact) mass is 325 g/mol. The highest BCUT2D eigenvalue weighted by molar-refractivity contribution is 7.54. The van der Waals surface area contributed by atoms with Crippen LogP contribution in [-0.2, 0) is 13.8 Å². The Bertz CT molecular complexity index is 525. The molecule has 0 amide bonds. The van der Waals surface area contributed by atoms with Crippen molar-refractivity contribution in [3.63, 3.8) is 0 Å². The van der Waals surface area contributed by atoms with E-state index in [1.807, 2.05) is 0 Å². The standard InChI is InChI=1S/C11H15F3N3O3P/c12-11(13,14)10(8-2-1-3-9(15)19-8)20-21(18,16-4-5-16)17-6-7-17/h2-3,10H,1,4-7,15H2. The number of nitrogens with zero attached hydrogens (tertiary/aromatic N) is 2. The van der Waals surface area contributed by atoms with Gasteiger partial charge in [0.15, 0.2) is 5.88 Å². The van der Waals surface area contributed by atoms with E-state index in [0.717, 1.165) is 0 Å². The van der Waals surface area contributed by atoms with Gasteiger partial charge in [-0.3, -0.25) is 9.09 Å². The minimum Gasteiger partial charge on any atom is -0.443 e. The summed E-state index contributed by atoms with van der Waals surface area (Å²) >= 11 is 0. The first-order valence-corrected chi connectivity index (χ1v) is 8.03. The molecule has 3 aliphatic rings. The summed E-state index contributed by atoms with van der Waals surface area (Å²) in [6.07, 6.45) is -4.20. The summed E-state index contributed by atoms with van der Waals surface area (Å²) in [6, 6.07) is 0. The van der Waals surface area contributed by atoms with Gasteiger partial charge in [0.05, 0.1) is 0 Å². The number of rotatable bonds is 5. The average molecular weight is 325 g/mol. The van der Waals surface area contributed by atoms with Gasteiger partial charge in [0.1, 0.15) is 5.76 Å². The fourth-order valence-corrected chi connectivity index (χ4v) is 4.30. The number of alkyl halides is 3. The highest BCUT2D eigenvalue weighted by Gasteiger charge is 2.56. The van der Waals surface area contributed by atoms with Gasteiger partial charge in [0.25, 0.3) is 0 Å². The SMILES string of the molecule is NC1=CCC=C(C(OP(=O)(N2CC2)N2CC2)C(F)(F)F)O1. The molecule has 2 N–H and O–H groups in total. The van der Waals surface area contributed by atoms with Gasteiger partial charge < -0.3 is 10.5 Å². The zero-order valence-corrected chi connectivity index (χ0v) is 11.9. The van der Waals surface area contributed by atoms with E-state index >= 15 is 0 Å². The molecule has 10 heteroatoms. The van der Waals surface area contributed by atoms with Crippen molar-refractivity contribution in [2.45, 2.75) is 18.7 Å². The summed E-state index contributed by atoms with van der Waals surface area (Å²) < 4.78 is 65.3. The number of hydrogen-bond acceptors (Lipinski definition) is 4. The molecule has 118 valence electrons. The lowest BCUT2D eigenvalue weighted by Gasteiger charge is -2.29. The number of allylic oxidation sites excluding steroid dienone is 2. The molecule has 0 aromatic rings. The summed E-state index contributed by atoms with van der Waals surface area (Å²) in [7, 11) is -3.61. The van der Waals surface area contributed by atoms with E-state index < -0.39 is 25.7 Å². The van der Waals surface area contributed by atoms with Gasteiger partial charge in [-0.05, 0) is 18.6 Å². The number of halogens is 3. The maximum Gasteiger partial charge on any atom is 0.422 e. The third-order valence-corrected chi connectivity index (χ3v) is 5.95. The molecule has 0 bridgehead atoms. The third kappa shape index (κ3) is 3.11. The molecule has 0 aromatic heterocycles. The number of nitrogens with two attached hydrogens (primary N) is 1. The fraction of sp³-hybridized carbons (Fsp3) is 0.636.